The zero-order valence-electron chi connectivity index (χ0n) is 25.7. The Bertz CT molecular complexity index is 1590. The van der Waals surface area contributed by atoms with Gasteiger partial charge in [-0.1, -0.05) is 18.2 Å². The first kappa shape index (κ1) is 34.6. The van der Waals surface area contributed by atoms with E-state index in [1.54, 1.807) is 7.11 Å². The van der Waals surface area contributed by atoms with E-state index in [-0.39, 0.29) is 53.8 Å². The zero-order valence-corrected chi connectivity index (χ0v) is 27.3. The largest absolute Gasteiger partial charge is 0.491 e. The van der Waals surface area contributed by atoms with E-state index in [0.717, 1.165) is 40.7 Å². The van der Waals surface area contributed by atoms with Crippen molar-refractivity contribution in [2.75, 3.05) is 37.6 Å². The molecule has 4 aliphatic carbocycles. The molecule has 1 saturated heterocycles. The summed E-state index contributed by atoms with van der Waals surface area (Å²) in [5.74, 6) is -2.53. The fourth-order valence-electron chi connectivity index (χ4n) is 8.89. The summed E-state index contributed by atoms with van der Waals surface area (Å²) >= 11 is 0. The second-order valence-corrected chi connectivity index (χ2v) is 17.2. The van der Waals surface area contributed by atoms with Crippen LogP contribution in [-0.2, 0) is 35.3 Å². The molecule has 1 heterocycles. The van der Waals surface area contributed by atoms with Gasteiger partial charge in [-0.25, -0.2) is 0 Å². The minimum Gasteiger partial charge on any atom is -0.491 e. The molecule has 4 bridgehead atoms. The average molecular weight is 712 g/mol. The Labute approximate surface area is 271 Å². The van der Waals surface area contributed by atoms with Gasteiger partial charge in [-0.3, -0.25) is 9.35 Å². The summed E-state index contributed by atoms with van der Waals surface area (Å²) in [6.07, 6.45) is -9.14. The van der Waals surface area contributed by atoms with Crippen LogP contribution in [0.2, 0.25) is 0 Å². The number of fused-ring (bicyclic) bond motifs is 1. The van der Waals surface area contributed by atoms with Crippen LogP contribution in [0.15, 0.2) is 35.2 Å². The van der Waals surface area contributed by atoms with Crippen LogP contribution < -0.4 is 4.74 Å². The molecule has 7 rings (SSSR count). The normalized spacial score (nSPS) is 28.3. The average Bonchev–Trinajstić information content (AvgIpc) is 3.49. The maximum Gasteiger partial charge on any atom is 0.438 e. The van der Waals surface area contributed by atoms with Gasteiger partial charge in [0.05, 0.1) is 12.0 Å². The van der Waals surface area contributed by atoms with Crippen molar-refractivity contribution in [3.63, 3.8) is 0 Å². The Morgan fingerprint density at radius 1 is 0.957 bits per heavy atom. The van der Waals surface area contributed by atoms with Gasteiger partial charge >= 0.3 is 23.9 Å². The standard InChI is InChI=1S/C32H36F6O7S2/c1-43-8-9-44-25-14-24(27(46-10-4-5-11-46)23-7-3-2-6-22(23)25)26-20-12-19-13-21(26)17-29(15-19,16-20)28(39)45-30(31(33,34)35,32(36,37)38)18-47(40,41)42/h2-3,6-7,14,19-21,26H,4-5,8-13,15-18H2,1H3/p+1. The van der Waals surface area contributed by atoms with Crippen LogP contribution in [0.25, 0.3) is 10.8 Å². The highest BCUT2D eigenvalue weighted by Crippen LogP contribution is 2.66. The lowest BCUT2D eigenvalue weighted by atomic mass is 9.45. The summed E-state index contributed by atoms with van der Waals surface area (Å²) in [7, 11) is -4.37. The van der Waals surface area contributed by atoms with E-state index in [4.69, 9.17) is 14.0 Å². The molecule has 1 N–H and O–H groups in total. The number of ether oxygens (including phenoxy) is 3. The molecular weight excluding hydrogens is 674 g/mol. The molecule has 5 fully saturated rings. The van der Waals surface area contributed by atoms with Crippen molar-refractivity contribution in [1.29, 1.82) is 0 Å². The van der Waals surface area contributed by atoms with Crippen molar-refractivity contribution in [3.05, 3.63) is 35.9 Å². The molecule has 0 aromatic heterocycles. The molecule has 47 heavy (non-hydrogen) atoms. The summed E-state index contributed by atoms with van der Waals surface area (Å²) in [6.45, 7) is 0.676. The number of rotatable bonds is 10. The number of halogens is 6. The molecule has 2 aromatic rings. The van der Waals surface area contributed by atoms with Gasteiger partial charge in [-0.05, 0) is 80.8 Å². The predicted octanol–water partition coefficient (Wildman–Crippen LogP) is 6.84. The molecule has 5 aliphatic rings. The van der Waals surface area contributed by atoms with Gasteiger partial charge in [-0.15, -0.1) is 0 Å². The first-order valence-corrected chi connectivity index (χ1v) is 18.8. The van der Waals surface area contributed by atoms with Crippen LogP contribution in [0.3, 0.4) is 0 Å². The SMILES string of the molecule is COCCOc1cc(C2C3CC4CC2CC(C(=O)OC(CS(=O)(=O)O)(C(F)(F)F)C(F)(F)F)(C4)C3)c([S+]2CCCC2)c2ccccc12. The lowest BCUT2D eigenvalue weighted by Gasteiger charge is -2.59. The zero-order chi connectivity index (χ0) is 34.0. The highest BCUT2D eigenvalue weighted by molar-refractivity contribution is 7.97. The molecular formula is C32H37F6O7S2+. The number of benzene rings is 2. The molecule has 0 amide bonds. The monoisotopic (exact) mass is 711 g/mol. The van der Waals surface area contributed by atoms with Crippen molar-refractivity contribution >= 4 is 37.8 Å². The first-order chi connectivity index (χ1) is 22.0. The molecule has 2 atom stereocenters. The van der Waals surface area contributed by atoms with E-state index in [1.807, 2.05) is 18.2 Å². The van der Waals surface area contributed by atoms with Crippen LogP contribution in [0.5, 0.6) is 5.75 Å². The number of carbonyl (C=O) groups is 1. The highest BCUT2D eigenvalue weighted by atomic mass is 32.2. The van der Waals surface area contributed by atoms with Crippen LogP contribution in [0.4, 0.5) is 26.3 Å². The van der Waals surface area contributed by atoms with Crippen molar-refractivity contribution in [1.82, 2.24) is 0 Å². The van der Waals surface area contributed by atoms with Gasteiger partial charge in [0.25, 0.3) is 10.1 Å². The van der Waals surface area contributed by atoms with Crippen LogP contribution in [0.1, 0.15) is 56.4 Å². The molecule has 1 aliphatic heterocycles. The van der Waals surface area contributed by atoms with Crippen molar-refractivity contribution in [2.24, 2.45) is 23.2 Å². The van der Waals surface area contributed by atoms with Crippen molar-refractivity contribution in [3.8, 4) is 5.75 Å². The van der Waals surface area contributed by atoms with Crippen LogP contribution in [0, 0.1) is 23.2 Å². The van der Waals surface area contributed by atoms with E-state index in [0.29, 0.717) is 31.8 Å². The molecule has 7 nitrogen and oxygen atoms in total. The summed E-state index contributed by atoms with van der Waals surface area (Å²) < 4.78 is 132. The second-order valence-electron chi connectivity index (χ2n) is 13.5. The third-order valence-corrected chi connectivity index (χ3v) is 13.9. The molecule has 0 radical (unpaired) electrons. The van der Waals surface area contributed by atoms with Gasteiger partial charge in [0, 0.05) is 34.3 Å². The Morgan fingerprint density at radius 2 is 1.55 bits per heavy atom. The Morgan fingerprint density at radius 3 is 2.11 bits per heavy atom. The summed E-state index contributed by atoms with van der Waals surface area (Å²) in [6, 6.07) is 10.0. The van der Waals surface area contributed by atoms with E-state index in [2.05, 4.69) is 16.9 Å². The Hall–Kier alpha value is -2.23. The number of carbonyl (C=O) groups excluding carboxylic acids is 1. The number of alkyl halides is 6. The summed E-state index contributed by atoms with van der Waals surface area (Å²) in [5, 5.41) is 2.02. The molecule has 2 unspecified atom stereocenters. The van der Waals surface area contributed by atoms with Crippen molar-refractivity contribution < 1.29 is 58.3 Å². The fraction of sp³-hybridized carbons (Fsp3) is 0.656. The van der Waals surface area contributed by atoms with Gasteiger partial charge in [-0.2, -0.15) is 34.8 Å². The summed E-state index contributed by atoms with van der Waals surface area (Å²) in [5.41, 5.74) is -5.97. The lowest BCUT2D eigenvalue weighted by Crippen LogP contribution is -2.65. The van der Waals surface area contributed by atoms with Gasteiger partial charge in [0.1, 0.15) is 29.6 Å². The summed E-state index contributed by atoms with van der Waals surface area (Å²) in [4.78, 5) is 14.9. The molecule has 15 heteroatoms. The van der Waals surface area contributed by atoms with Crippen molar-refractivity contribution in [2.45, 2.75) is 73.7 Å². The first-order valence-electron chi connectivity index (χ1n) is 15.7. The quantitative estimate of drug-likeness (QED) is 0.0948. The number of methoxy groups -OCH3 is 1. The lowest BCUT2D eigenvalue weighted by molar-refractivity contribution is -0.364. The highest BCUT2D eigenvalue weighted by Gasteiger charge is 2.77. The number of hydrogen-bond donors (Lipinski definition) is 1. The number of hydrogen-bond acceptors (Lipinski definition) is 6. The molecule has 260 valence electrons. The van der Waals surface area contributed by atoms with Gasteiger partial charge in [0.15, 0.2) is 4.90 Å². The Balaban J connectivity index is 1.40. The smallest absolute Gasteiger partial charge is 0.438 e. The van der Waals surface area contributed by atoms with Crippen LogP contribution in [-0.4, -0.2) is 74.5 Å². The van der Waals surface area contributed by atoms with E-state index < -0.39 is 45.2 Å². The topological polar surface area (TPSA) is 99.1 Å². The third-order valence-electron chi connectivity index (χ3n) is 10.5. The van der Waals surface area contributed by atoms with E-state index >= 15 is 0 Å². The maximum atomic E-state index is 14.1. The van der Waals surface area contributed by atoms with Crippen LogP contribution >= 0.6 is 0 Å². The van der Waals surface area contributed by atoms with E-state index in [1.165, 1.54) is 4.90 Å². The van der Waals surface area contributed by atoms with Gasteiger partial charge < -0.3 is 14.2 Å². The minimum atomic E-state index is -6.36. The molecule has 2 aromatic carbocycles. The predicted molar refractivity (Wildman–Crippen MR) is 162 cm³/mol. The van der Waals surface area contributed by atoms with Gasteiger partial charge in [0.2, 0.25) is 0 Å². The fourth-order valence-corrected chi connectivity index (χ4v) is 12.5. The van der Waals surface area contributed by atoms with E-state index in [9.17, 15) is 39.6 Å². The molecule has 0 spiro atoms. The second kappa shape index (κ2) is 12.3. The minimum absolute atomic E-state index is 0.0150. The Kier molecular flexibility index (Phi) is 9.04. The number of esters is 1. The molecule has 4 saturated carbocycles. The maximum absolute atomic E-state index is 14.1. The third kappa shape index (κ3) is 6.22.